The summed E-state index contributed by atoms with van der Waals surface area (Å²) < 4.78 is 1.84. The van der Waals surface area contributed by atoms with Gasteiger partial charge < -0.3 is 5.32 Å². The average Bonchev–Trinajstić information content (AvgIpc) is 3.01. The van der Waals surface area contributed by atoms with Gasteiger partial charge in [0.1, 0.15) is 6.33 Å². The monoisotopic (exact) mass is 338 g/mol. The van der Waals surface area contributed by atoms with Gasteiger partial charge >= 0.3 is 0 Å². The van der Waals surface area contributed by atoms with Gasteiger partial charge in [-0.2, -0.15) is 10.4 Å². The van der Waals surface area contributed by atoms with Gasteiger partial charge in [-0.05, 0) is 27.2 Å². The fraction of sp³-hybridized carbons (Fsp3) is 0.474. The summed E-state index contributed by atoms with van der Waals surface area (Å²) in [5, 5.41) is 16.9. The van der Waals surface area contributed by atoms with Crippen molar-refractivity contribution in [3.05, 3.63) is 29.9 Å². The van der Waals surface area contributed by atoms with E-state index in [1.165, 1.54) is 0 Å². The Kier molecular flexibility index (Phi) is 6.70. The van der Waals surface area contributed by atoms with Gasteiger partial charge in [-0.15, -0.1) is 0 Å². The largest absolute Gasteiger partial charge is 0.368 e. The van der Waals surface area contributed by atoms with Gasteiger partial charge in [-0.25, -0.2) is 9.97 Å². The summed E-state index contributed by atoms with van der Waals surface area (Å²) in [6.45, 7) is 8.94. The Morgan fingerprint density at radius 2 is 2.16 bits per heavy atom. The van der Waals surface area contributed by atoms with Crippen molar-refractivity contribution in [3.8, 4) is 17.3 Å². The van der Waals surface area contributed by atoms with Gasteiger partial charge in [0.05, 0.1) is 29.8 Å². The molecule has 0 aromatic carbocycles. The van der Waals surface area contributed by atoms with E-state index in [0.29, 0.717) is 6.42 Å². The SMILES string of the molecule is CCC/C=C\c1c(C)ncnc1-c1cn([C@H](C)CC#N)nc1NCC. The minimum Gasteiger partial charge on any atom is -0.368 e. The van der Waals surface area contributed by atoms with Crippen LogP contribution in [0.5, 0.6) is 0 Å². The molecule has 132 valence electrons. The van der Waals surface area contributed by atoms with Crippen molar-refractivity contribution >= 4 is 11.9 Å². The van der Waals surface area contributed by atoms with Gasteiger partial charge in [0.15, 0.2) is 5.82 Å². The summed E-state index contributed by atoms with van der Waals surface area (Å²) in [5.74, 6) is 0.788. The van der Waals surface area contributed by atoms with Crippen LogP contribution in [0.4, 0.5) is 5.82 Å². The lowest BCUT2D eigenvalue weighted by atomic mass is 10.1. The number of nitrogens with zero attached hydrogens (tertiary/aromatic N) is 5. The van der Waals surface area contributed by atoms with E-state index < -0.39 is 0 Å². The van der Waals surface area contributed by atoms with Crippen molar-refractivity contribution in [1.29, 1.82) is 5.26 Å². The summed E-state index contributed by atoms with van der Waals surface area (Å²) >= 11 is 0. The van der Waals surface area contributed by atoms with Crippen molar-refractivity contribution in [2.45, 2.75) is 53.0 Å². The number of allylic oxidation sites excluding steroid dienone is 1. The van der Waals surface area contributed by atoms with Crippen LogP contribution in [0.15, 0.2) is 18.6 Å². The van der Waals surface area contributed by atoms with Crippen LogP contribution in [-0.2, 0) is 0 Å². The third kappa shape index (κ3) is 4.44. The molecule has 2 heterocycles. The molecular formula is C19H26N6. The molecule has 2 aromatic rings. The molecule has 1 N–H and O–H groups in total. The Hall–Kier alpha value is -2.68. The standard InChI is InChI=1S/C19H26N6/c1-5-7-8-9-16-15(4)22-13-23-18(16)17-12-25(14(3)10-11-20)24-19(17)21-6-2/h8-9,12-14H,5-7,10H2,1-4H3,(H,21,24)/b9-8-/t14-/m1/s1. The first-order chi connectivity index (χ1) is 12.1. The Bertz CT molecular complexity index is 769. The molecule has 0 bridgehead atoms. The number of unbranched alkanes of at least 4 members (excludes halogenated alkanes) is 1. The summed E-state index contributed by atoms with van der Waals surface area (Å²) in [7, 11) is 0. The van der Waals surface area contributed by atoms with E-state index in [0.717, 1.165) is 47.7 Å². The van der Waals surface area contributed by atoms with Crippen molar-refractivity contribution in [2.75, 3.05) is 11.9 Å². The highest BCUT2D eigenvalue weighted by molar-refractivity contribution is 5.79. The fourth-order valence-corrected chi connectivity index (χ4v) is 2.58. The molecule has 0 aliphatic heterocycles. The molecule has 0 amide bonds. The Labute approximate surface area is 149 Å². The molecule has 1 atom stereocenters. The first-order valence-corrected chi connectivity index (χ1v) is 8.80. The number of hydrogen-bond donors (Lipinski definition) is 1. The molecule has 0 unspecified atom stereocenters. The Morgan fingerprint density at radius 1 is 1.36 bits per heavy atom. The second-order valence-corrected chi connectivity index (χ2v) is 6.03. The van der Waals surface area contributed by atoms with Gasteiger partial charge in [0.25, 0.3) is 0 Å². The molecule has 6 heteroatoms. The van der Waals surface area contributed by atoms with Crippen LogP contribution in [0.2, 0.25) is 0 Å². The predicted molar refractivity (Wildman–Crippen MR) is 101 cm³/mol. The minimum absolute atomic E-state index is 0.0122. The molecule has 2 rings (SSSR count). The topological polar surface area (TPSA) is 79.4 Å². The van der Waals surface area contributed by atoms with Crippen molar-refractivity contribution in [1.82, 2.24) is 19.7 Å². The second-order valence-electron chi connectivity index (χ2n) is 6.03. The van der Waals surface area contributed by atoms with E-state index >= 15 is 0 Å². The summed E-state index contributed by atoms with van der Waals surface area (Å²) in [6.07, 6.45) is 10.4. The van der Waals surface area contributed by atoms with Crippen LogP contribution in [0.1, 0.15) is 57.3 Å². The quantitative estimate of drug-likeness (QED) is 0.773. The summed E-state index contributed by atoms with van der Waals surface area (Å²) in [4.78, 5) is 8.87. The van der Waals surface area contributed by atoms with E-state index in [9.17, 15) is 0 Å². The van der Waals surface area contributed by atoms with Gasteiger partial charge in [0, 0.05) is 24.0 Å². The van der Waals surface area contributed by atoms with E-state index in [1.54, 1.807) is 6.33 Å². The van der Waals surface area contributed by atoms with Crippen LogP contribution in [0, 0.1) is 18.3 Å². The van der Waals surface area contributed by atoms with Crippen LogP contribution < -0.4 is 5.32 Å². The van der Waals surface area contributed by atoms with Crippen LogP contribution in [0.25, 0.3) is 17.3 Å². The highest BCUT2D eigenvalue weighted by Gasteiger charge is 2.18. The number of hydrogen-bond acceptors (Lipinski definition) is 5. The number of aromatic nitrogens is 4. The second kappa shape index (κ2) is 8.97. The maximum absolute atomic E-state index is 8.96. The zero-order valence-corrected chi connectivity index (χ0v) is 15.5. The molecule has 0 aliphatic carbocycles. The van der Waals surface area contributed by atoms with E-state index in [4.69, 9.17) is 5.26 Å². The normalized spacial score (nSPS) is 12.3. The zero-order valence-electron chi connectivity index (χ0n) is 15.5. The lowest BCUT2D eigenvalue weighted by molar-refractivity contribution is 0.502. The lowest BCUT2D eigenvalue weighted by Gasteiger charge is -2.08. The zero-order chi connectivity index (χ0) is 18.2. The van der Waals surface area contributed by atoms with E-state index in [1.807, 2.05) is 31.6 Å². The van der Waals surface area contributed by atoms with Crippen molar-refractivity contribution in [2.24, 2.45) is 0 Å². The summed E-state index contributed by atoms with van der Waals surface area (Å²) in [5.41, 5.74) is 3.76. The van der Waals surface area contributed by atoms with Crippen LogP contribution in [-0.4, -0.2) is 26.3 Å². The molecule has 6 nitrogen and oxygen atoms in total. The molecule has 2 aromatic heterocycles. The third-order valence-electron chi connectivity index (χ3n) is 3.99. The van der Waals surface area contributed by atoms with Crippen molar-refractivity contribution in [3.63, 3.8) is 0 Å². The van der Waals surface area contributed by atoms with Gasteiger partial charge in [-0.1, -0.05) is 25.5 Å². The minimum atomic E-state index is 0.0122. The average molecular weight is 338 g/mol. The molecular weight excluding hydrogens is 312 g/mol. The van der Waals surface area contributed by atoms with Crippen LogP contribution >= 0.6 is 0 Å². The third-order valence-corrected chi connectivity index (χ3v) is 3.99. The molecule has 0 spiro atoms. The molecule has 0 saturated carbocycles. The fourth-order valence-electron chi connectivity index (χ4n) is 2.58. The number of nitriles is 1. The first-order valence-electron chi connectivity index (χ1n) is 8.80. The molecule has 0 saturated heterocycles. The molecule has 0 aliphatic rings. The first kappa shape index (κ1) is 18.7. The molecule has 0 fully saturated rings. The number of aryl methyl sites for hydroxylation is 1. The van der Waals surface area contributed by atoms with E-state index in [-0.39, 0.29) is 6.04 Å². The van der Waals surface area contributed by atoms with Gasteiger partial charge in [-0.3, -0.25) is 4.68 Å². The van der Waals surface area contributed by atoms with Crippen LogP contribution in [0.3, 0.4) is 0 Å². The maximum atomic E-state index is 8.96. The van der Waals surface area contributed by atoms with Crippen molar-refractivity contribution < 1.29 is 0 Å². The molecule has 0 radical (unpaired) electrons. The maximum Gasteiger partial charge on any atom is 0.157 e. The Morgan fingerprint density at radius 3 is 2.84 bits per heavy atom. The van der Waals surface area contributed by atoms with E-state index in [2.05, 4.69) is 45.5 Å². The number of anilines is 1. The highest BCUT2D eigenvalue weighted by atomic mass is 15.3. The lowest BCUT2D eigenvalue weighted by Crippen LogP contribution is -2.06. The molecule has 25 heavy (non-hydrogen) atoms. The highest BCUT2D eigenvalue weighted by Crippen LogP contribution is 2.31. The summed E-state index contributed by atoms with van der Waals surface area (Å²) in [6, 6.07) is 2.22. The Balaban J connectivity index is 2.53. The number of rotatable bonds is 8. The number of nitrogens with one attached hydrogen (secondary N) is 1. The smallest absolute Gasteiger partial charge is 0.157 e. The van der Waals surface area contributed by atoms with Gasteiger partial charge in [0.2, 0.25) is 0 Å². The predicted octanol–water partition coefficient (Wildman–Crippen LogP) is 4.37.